The summed E-state index contributed by atoms with van der Waals surface area (Å²) in [7, 11) is 0. The normalized spacial score (nSPS) is 15.9. The van der Waals surface area contributed by atoms with Gasteiger partial charge in [0, 0.05) is 0 Å². The number of rotatable bonds is 8. The summed E-state index contributed by atoms with van der Waals surface area (Å²) >= 11 is 0. The lowest BCUT2D eigenvalue weighted by Gasteiger charge is -2.25. The largest absolute Gasteiger partial charge is 0.0654 e. The zero-order chi connectivity index (χ0) is 11.0. The molecular weight excluding hydrogens is 168 g/mol. The van der Waals surface area contributed by atoms with Crippen LogP contribution in [0.5, 0.6) is 0 Å². The molecule has 0 bridgehead atoms. The third-order valence-corrected chi connectivity index (χ3v) is 3.75. The molecule has 0 aliphatic rings. The Morgan fingerprint density at radius 1 is 0.857 bits per heavy atom. The molecule has 0 heteroatoms. The van der Waals surface area contributed by atoms with Gasteiger partial charge in [-0.05, 0) is 17.8 Å². The molecule has 86 valence electrons. The Morgan fingerprint density at radius 2 is 1.50 bits per heavy atom. The summed E-state index contributed by atoms with van der Waals surface area (Å²) in [6.07, 6.45) is 8.49. The lowest BCUT2D eigenvalue weighted by atomic mass is 9.80. The van der Waals surface area contributed by atoms with Crippen molar-refractivity contribution in [2.75, 3.05) is 0 Å². The average molecular weight is 198 g/mol. The van der Waals surface area contributed by atoms with E-state index in [0.717, 1.165) is 17.8 Å². The van der Waals surface area contributed by atoms with E-state index in [-0.39, 0.29) is 0 Å². The van der Waals surface area contributed by atoms with E-state index in [1.165, 1.54) is 38.5 Å². The molecule has 0 aliphatic heterocycles. The Bertz CT molecular complexity index is 115. The second kappa shape index (κ2) is 8.32. The van der Waals surface area contributed by atoms with Crippen molar-refractivity contribution in [1.29, 1.82) is 0 Å². The van der Waals surface area contributed by atoms with Gasteiger partial charge in [-0.1, -0.05) is 73.1 Å². The fraction of sp³-hybridized carbons (Fsp3) is 1.00. The standard InChI is InChI=1S/C14H30/c1-6-8-9-10-11-14(7-2)13(5)12(3)4/h12-14H,6-11H2,1-5H3. The van der Waals surface area contributed by atoms with E-state index < -0.39 is 0 Å². The quantitative estimate of drug-likeness (QED) is 0.466. The molecule has 14 heavy (non-hydrogen) atoms. The van der Waals surface area contributed by atoms with E-state index in [0.29, 0.717) is 0 Å². The fourth-order valence-corrected chi connectivity index (χ4v) is 2.22. The van der Waals surface area contributed by atoms with Gasteiger partial charge in [0.15, 0.2) is 0 Å². The summed E-state index contributed by atoms with van der Waals surface area (Å²) in [4.78, 5) is 0. The topological polar surface area (TPSA) is 0 Å². The maximum atomic E-state index is 2.43. The molecule has 0 aromatic carbocycles. The van der Waals surface area contributed by atoms with Gasteiger partial charge in [0.2, 0.25) is 0 Å². The van der Waals surface area contributed by atoms with Crippen LogP contribution >= 0.6 is 0 Å². The zero-order valence-corrected chi connectivity index (χ0v) is 11.0. The molecule has 0 rings (SSSR count). The molecule has 0 aromatic heterocycles. The highest BCUT2D eigenvalue weighted by Crippen LogP contribution is 2.27. The molecule has 0 spiro atoms. The van der Waals surface area contributed by atoms with Crippen molar-refractivity contribution in [3.8, 4) is 0 Å². The first-order valence-corrected chi connectivity index (χ1v) is 6.63. The van der Waals surface area contributed by atoms with Gasteiger partial charge in [-0.3, -0.25) is 0 Å². The Balaban J connectivity index is 3.67. The fourth-order valence-electron chi connectivity index (χ4n) is 2.22. The summed E-state index contributed by atoms with van der Waals surface area (Å²) in [6.45, 7) is 11.8. The van der Waals surface area contributed by atoms with E-state index in [1.54, 1.807) is 0 Å². The molecule has 0 nitrogen and oxygen atoms in total. The average Bonchev–Trinajstić information content (AvgIpc) is 2.17. The first-order valence-electron chi connectivity index (χ1n) is 6.63. The number of unbranched alkanes of at least 4 members (excludes halogenated alkanes) is 3. The molecule has 0 amide bonds. The second-order valence-corrected chi connectivity index (χ2v) is 5.12. The Kier molecular flexibility index (Phi) is 8.32. The van der Waals surface area contributed by atoms with Gasteiger partial charge in [-0.25, -0.2) is 0 Å². The molecule has 0 saturated heterocycles. The predicted molar refractivity (Wildman–Crippen MR) is 66.5 cm³/mol. The van der Waals surface area contributed by atoms with E-state index in [1.807, 2.05) is 0 Å². The van der Waals surface area contributed by atoms with Crippen molar-refractivity contribution in [3.05, 3.63) is 0 Å². The smallest absolute Gasteiger partial charge is 0.0389 e. The van der Waals surface area contributed by atoms with E-state index in [4.69, 9.17) is 0 Å². The van der Waals surface area contributed by atoms with E-state index in [2.05, 4.69) is 34.6 Å². The summed E-state index contributed by atoms with van der Waals surface area (Å²) in [5.41, 5.74) is 0. The highest BCUT2D eigenvalue weighted by atomic mass is 14.2. The summed E-state index contributed by atoms with van der Waals surface area (Å²) in [5, 5.41) is 0. The molecule has 0 aromatic rings. The molecule has 2 unspecified atom stereocenters. The van der Waals surface area contributed by atoms with Crippen LogP contribution in [0.25, 0.3) is 0 Å². The summed E-state index contributed by atoms with van der Waals surface area (Å²) in [5.74, 6) is 2.72. The monoisotopic (exact) mass is 198 g/mol. The Labute approximate surface area is 91.5 Å². The van der Waals surface area contributed by atoms with Crippen LogP contribution in [0.2, 0.25) is 0 Å². The van der Waals surface area contributed by atoms with Crippen molar-refractivity contribution < 1.29 is 0 Å². The molecule has 0 heterocycles. The lowest BCUT2D eigenvalue weighted by Crippen LogP contribution is -2.16. The lowest BCUT2D eigenvalue weighted by molar-refractivity contribution is 0.249. The Morgan fingerprint density at radius 3 is 1.93 bits per heavy atom. The molecular formula is C14H30. The Hall–Kier alpha value is 0. The van der Waals surface area contributed by atoms with Crippen LogP contribution < -0.4 is 0 Å². The first-order chi connectivity index (χ1) is 6.63. The van der Waals surface area contributed by atoms with Crippen LogP contribution in [-0.2, 0) is 0 Å². The van der Waals surface area contributed by atoms with Crippen molar-refractivity contribution >= 4 is 0 Å². The molecule has 2 atom stereocenters. The van der Waals surface area contributed by atoms with Gasteiger partial charge in [0.05, 0.1) is 0 Å². The van der Waals surface area contributed by atoms with Crippen LogP contribution in [0, 0.1) is 17.8 Å². The van der Waals surface area contributed by atoms with Gasteiger partial charge in [-0.15, -0.1) is 0 Å². The molecule has 0 saturated carbocycles. The highest BCUT2D eigenvalue weighted by Gasteiger charge is 2.17. The van der Waals surface area contributed by atoms with Crippen LogP contribution in [-0.4, -0.2) is 0 Å². The van der Waals surface area contributed by atoms with Gasteiger partial charge < -0.3 is 0 Å². The van der Waals surface area contributed by atoms with Crippen molar-refractivity contribution in [2.45, 2.75) is 73.1 Å². The van der Waals surface area contributed by atoms with Crippen LogP contribution in [0.1, 0.15) is 73.1 Å². The second-order valence-electron chi connectivity index (χ2n) is 5.12. The van der Waals surface area contributed by atoms with Crippen molar-refractivity contribution in [3.63, 3.8) is 0 Å². The van der Waals surface area contributed by atoms with Crippen LogP contribution in [0.15, 0.2) is 0 Å². The minimum atomic E-state index is 0.853. The van der Waals surface area contributed by atoms with Gasteiger partial charge >= 0.3 is 0 Å². The third kappa shape index (κ3) is 5.67. The van der Waals surface area contributed by atoms with Crippen LogP contribution in [0.4, 0.5) is 0 Å². The summed E-state index contributed by atoms with van der Waals surface area (Å²) in [6, 6.07) is 0. The van der Waals surface area contributed by atoms with E-state index in [9.17, 15) is 0 Å². The van der Waals surface area contributed by atoms with E-state index >= 15 is 0 Å². The minimum Gasteiger partial charge on any atom is -0.0654 e. The van der Waals surface area contributed by atoms with Gasteiger partial charge in [0.1, 0.15) is 0 Å². The number of hydrogen-bond donors (Lipinski definition) is 0. The zero-order valence-electron chi connectivity index (χ0n) is 11.0. The summed E-state index contributed by atoms with van der Waals surface area (Å²) < 4.78 is 0. The van der Waals surface area contributed by atoms with Gasteiger partial charge in [-0.2, -0.15) is 0 Å². The SMILES string of the molecule is CCCCCCC(CC)C(C)C(C)C. The molecule has 0 N–H and O–H groups in total. The first kappa shape index (κ1) is 14.0. The molecule has 0 radical (unpaired) electrons. The third-order valence-electron chi connectivity index (χ3n) is 3.75. The van der Waals surface area contributed by atoms with Crippen molar-refractivity contribution in [1.82, 2.24) is 0 Å². The van der Waals surface area contributed by atoms with Crippen LogP contribution in [0.3, 0.4) is 0 Å². The molecule has 0 aliphatic carbocycles. The maximum absolute atomic E-state index is 2.43. The van der Waals surface area contributed by atoms with Gasteiger partial charge in [0.25, 0.3) is 0 Å². The highest BCUT2D eigenvalue weighted by molar-refractivity contribution is 4.68. The predicted octanol–water partition coefficient (Wildman–Crippen LogP) is 5.28. The maximum Gasteiger partial charge on any atom is -0.0389 e. The van der Waals surface area contributed by atoms with Crippen molar-refractivity contribution in [2.24, 2.45) is 17.8 Å². The number of hydrogen-bond acceptors (Lipinski definition) is 0. The minimum absolute atomic E-state index is 0.853. The molecule has 0 fully saturated rings.